The van der Waals surface area contributed by atoms with Gasteiger partial charge in [0.05, 0.1) is 0 Å². The lowest BCUT2D eigenvalue weighted by atomic mass is 10.1. The fourth-order valence-electron chi connectivity index (χ4n) is 1.74. The quantitative estimate of drug-likeness (QED) is 0.747. The first-order valence-electron chi connectivity index (χ1n) is 5.32. The van der Waals surface area contributed by atoms with Gasteiger partial charge in [-0.1, -0.05) is 0 Å². The van der Waals surface area contributed by atoms with Crippen LogP contribution in [0.3, 0.4) is 0 Å². The predicted molar refractivity (Wildman–Crippen MR) is 60.0 cm³/mol. The van der Waals surface area contributed by atoms with Gasteiger partial charge in [-0.3, -0.25) is 4.21 Å². The van der Waals surface area contributed by atoms with Gasteiger partial charge in [0.1, 0.15) is 0 Å². The highest BCUT2D eigenvalue weighted by molar-refractivity contribution is 7.85. The van der Waals surface area contributed by atoms with Crippen molar-refractivity contribution in [3.05, 3.63) is 0 Å². The molecule has 0 radical (unpaired) electrons. The van der Waals surface area contributed by atoms with Crippen molar-refractivity contribution in [3.63, 3.8) is 0 Å². The molecule has 0 bridgehead atoms. The Morgan fingerprint density at radius 3 is 2.71 bits per heavy atom. The van der Waals surface area contributed by atoms with Crippen LogP contribution in [0.5, 0.6) is 0 Å². The zero-order valence-electron chi connectivity index (χ0n) is 9.12. The SMILES string of the molecule is COCCC(C)NC1CCS(=O)CC1. The second kappa shape index (κ2) is 6.53. The van der Waals surface area contributed by atoms with E-state index in [2.05, 4.69) is 12.2 Å². The lowest BCUT2D eigenvalue weighted by Crippen LogP contribution is -2.41. The van der Waals surface area contributed by atoms with E-state index in [-0.39, 0.29) is 0 Å². The molecule has 4 heteroatoms. The topological polar surface area (TPSA) is 38.3 Å². The van der Waals surface area contributed by atoms with Gasteiger partial charge in [-0.05, 0) is 26.2 Å². The first kappa shape index (κ1) is 12.1. The van der Waals surface area contributed by atoms with Crippen LogP contribution in [0.1, 0.15) is 26.2 Å². The van der Waals surface area contributed by atoms with Gasteiger partial charge in [-0.2, -0.15) is 0 Å². The van der Waals surface area contributed by atoms with Gasteiger partial charge in [0, 0.05) is 48.1 Å². The molecule has 1 aliphatic rings. The molecule has 0 aliphatic carbocycles. The minimum absolute atomic E-state index is 0.506. The molecule has 0 spiro atoms. The fourth-order valence-corrected chi connectivity index (χ4v) is 3.04. The van der Waals surface area contributed by atoms with Gasteiger partial charge in [0.2, 0.25) is 0 Å². The van der Waals surface area contributed by atoms with E-state index >= 15 is 0 Å². The van der Waals surface area contributed by atoms with Crippen LogP contribution >= 0.6 is 0 Å². The Labute approximate surface area is 89.1 Å². The maximum Gasteiger partial charge on any atom is 0.0476 e. The minimum Gasteiger partial charge on any atom is -0.385 e. The highest BCUT2D eigenvalue weighted by atomic mass is 32.2. The third-order valence-corrected chi connectivity index (χ3v) is 4.05. The Hall–Kier alpha value is 0.0700. The molecule has 0 aromatic heterocycles. The number of hydrogen-bond donors (Lipinski definition) is 1. The second-order valence-electron chi connectivity index (χ2n) is 3.97. The molecule has 1 fully saturated rings. The van der Waals surface area contributed by atoms with Crippen LogP contribution < -0.4 is 5.32 Å². The Morgan fingerprint density at radius 1 is 1.50 bits per heavy atom. The number of methoxy groups -OCH3 is 1. The molecule has 1 N–H and O–H groups in total. The molecule has 1 saturated heterocycles. The normalized spacial score (nSPS) is 30.1. The first-order valence-corrected chi connectivity index (χ1v) is 6.81. The Kier molecular flexibility index (Phi) is 5.67. The number of ether oxygens (including phenoxy) is 1. The smallest absolute Gasteiger partial charge is 0.0476 e. The molecule has 14 heavy (non-hydrogen) atoms. The highest BCUT2D eigenvalue weighted by Gasteiger charge is 2.18. The predicted octanol–water partition coefficient (Wildman–Crippen LogP) is 0.912. The van der Waals surface area contributed by atoms with Crippen LogP contribution in [-0.4, -0.2) is 41.5 Å². The Bertz CT molecular complexity index is 177. The first-order chi connectivity index (χ1) is 6.72. The summed E-state index contributed by atoms with van der Waals surface area (Å²) in [4.78, 5) is 0. The molecule has 1 unspecified atom stereocenters. The molecular formula is C10H21NO2S. The van der Waals surface area contributed by atoms with Crippen molar-refractivity contribution in [2.75, 3.05) is 25.2 Å². The van der Waals surface area contributed by atoms with Crippen molar-refractivity contribution < 1.29 is 8.95 Å². The number of nitrogens with one attached hydrogen (secondary N) is 1. The van der Waals surface area contributed by atoms with Crippen LogP contribution in [0.15, 0.2) is 0 Å². The van der Waals surface area contributed by atoms with Crippen LogP contribution in [0.2, 0.25) is 0 Å². The van der Waals surface area contributed by atoms with Crippen molar-refractivity contribution in [2.45, 2.75) is 38.3 Å². The summed E-state index contributed by atoms with van der Waals surface area (Å²) in [6.45, 7) is 3.00. The summed E-state index contributed by atoms with van der Waals surface area (Å²) in [6.07, 6.45) is 3.17. The van der Waals surface area contributed by atoms with E-state index in [0.29, 0.717) is 12.1 Å². The summed E-state index contributed by atoms with van der Waals surface area (Å²) in [6, 6.07) is 1.08. The molecule has 0 saturated carbocycles. The molecular weight excluding hydrogens is 198 g/mol. The molecule has 1 atom stereocenters. The van der Waals surface area contributed by atoms with E-state index in [1.54, 1.807) is 7.11 Å². The fraction of sp³-hybridized carbons (Fsp3) is 1.00. The largest absolute Gasteiger partial charge is 0.385 e. The van der Waals surface area contributed by atoms with E-state index < -0.39 is 10.8 Å². The average molecular weight is 219 g/mol. The van der Waals surface area contributed by atoms with Crippen LogP contribution in [0.4, 0.5) is 0 Å². The highest BCUT2D eigenvalue weighted by Crippen LogP contribution is 2.10. The minimum atomic E-state index is -0.546. The maximum atomic E-state index is 11.1. The summed E-state index contributed by atoms with van der Waals surface area (Å²) in [5, 5.41) is 3.56. The lowest BCUT2D eigenvalue weighted by molar-refractivity contribution is 0.182. The molecule has 1 rings (SSSR count). The zero-order valence-corrected chi connectivity index (χ0v) is 9.94. The van der Waals surface area contributed by atoms with E-state index in [1.807, 2.05) is 0 Å². The summed E-state index contributed by atoms with van der Waals surface area (Å²) < 4.78 is 16.2. The molecule has 1 aliphatic heterocycles. The van der Waals surface area contributed by atoms with E-state index in [1.165, 1.54) is 0 Å². The van der Waals surface area contributed by atoms with Gasteiger partial charge in [0.25, 0.3) is 0 Å². The number of rotatable bonds is 5. The summed E-state index contributed by atoms with van der Waals surface area (Å²) in [5.41, 5.74) is 0. The van der Waals surface area contributed by atoms with Crippen molar-refractivity contribution in [1.82, 2.24) is 5.32 Å². The molecule has 0 amide bonds. The van der Waals surface area contributed by atoms with Gasteiger partial charge < -0.3 is 10.1 Å². The monoisotopic (exact) mass is 219 g/mol. The summed E-state index contributed by atoms with van der Waals surface area (Å²) in [5.74, 6) is 1.74. The van der Waals surface area contributed by atoms with Crippen LogP contribution in [0, 0.1) is 0 Å². The molecule has 1 heterocycles. The van der Waals surface area contributed by atoms with Gasteiger partial charge in [-0.15, -0.1) is 0 Å². The number of hydrogen-bond acceptors (Lipinski definition) is 3. The van der Waals surface area contributed by atoms with Gasteiger partial charge in [-0.25, -0.2) is 0 Å². The van der Waals surface area contributed by atoms with Gasteiger partial charge >= 0.3 is 0 Å². The lowest BCUT2D eigenvalue weighted by Gasteiger charge is -2.26. The maximum absolute atomic E-state index is 11.1. The van der Waals surface area contributed by atoms with E-state index in [0.717, 1.165) is 37.4 Å². The third kappa shape index (κ3) is 4.53. The van der Waals surface area contributed by atoms with Crippen molar-refractivity contribution >= 4 is 10.8 Å². The summed E-state index contributed by atoms with van der Waals surface area (Å²) >= 11 is 0. The van der Waals surface area contributed by atoms with Crippen molar-refractivity contribution in [2.24, 2.45) is 0 Å². The average Bonchev–Trinajstić information content (AvgIpc) is 2.18. The molecule has 84 valence electrons. The molecule has 3 nitrogen and oxygen atoms in total. The van der Waals surface area contributed by atoms with Gasteiger partial charge in [0.15, 0.2) is 0 Å². The van der Waals surface area contributed by atoms with Crippen LogP contribution in [-0.2, 0) is 15.5 Å². The molecule has 0 aromatic rings. The molecule has 0 aromatic carbocycles. The Morgan fingerprint density at radius 2 is 2.14 bits per heavy atom. The van der Waals surface area contributed by atoms with E-state index in [9.17, 15) is 4.21 Å². The standard InChI is InChI=1S/C10H21NO2S/c1-9(3-6-13-2)11-10-4-7-14(12)8-5-10/h9-11H,3-8H2,1-2H3. The summed E-state index contributed by atoms with van der Waals surface area (Å²) in [7, 11) is 1.19. The second-order valence-corrected chi connectivity index (χ2v) is 5.67. The van der Waals surface area contributed by atoms with Crippen LogP contribution in [0.25, 0.3) is 0 Å². The van der Waals surface area contributed by atoms with E-state index in [4.69, 9.17) is 4.74 Å². The zero-order chi connectivity index (χ0) is 10.4. The third-order valence-electron chi connectivity index (χ3n) is 2.66. The van der Waals surface area contributed by atoms with Crippen molar-refractivity contribution in [1.29, 1.82) is 0 Å². The Balaban J connectivity index is 2.13. The van der Waals surface area contributed by atoms with Crippen molar-refractivity contribution in [3.8, 4) is 0 Å².